The molecule has 0 aliphatic carbocycles. The van der Waals surface area contributed by atoms with Gasteiger partial charge in [-0.1, -0.05) is 6.58 Å². The molecule has 0 heterocycles. The van der Waals surface area contributed by atoms with Crippen LogP contribution in [-0.4, -0.2) is 56.4 Å². The van der Waals surface area contributed by atoms with Gasteiger partial charge < -0.3 is 14.1 Å². The van der Waals surface area contributed by atoms with E-state index in [1.807, 2.05) is 0 Å². The highest BCUT2D eigenvalue weighted by molar-refractivity contribution is 7.47. The number of carbonyl (C=O) groups excluding carboxylic acids is 1. The highest BCUT2D eigenvalue weighted by atomic mass is 31.2. The summed E-state index contributed by atoms with van der Waals surface area (Å²) in [7, 11) is 1.30. The predicted octanol–water partition coefficient (Wildman–Crippen LogP) is 0.903. The second-order valence-electron chi connectivity index (χ2n) is 4.77. The fourth-order valence-corrected chi connectivity index (χ4v) is 1.57. The van der Waals surface area contributed by atoms with Crippen molar-refractivity contribution in [2.75, 3.05) is 41.1 Å². The van der Waals surface area contributed by atoms with E-state index in [2.05, 4.69) is 15.8 Å². The molecular weight excluding hydrogens is 261 g/mol. The maximum absolute atomic E-state index is 11.4. The quantitative estimate of drug-likeness (QED) is 0.178. The third-order valence-electron chi connectivity index (χ3n) is 1.53. The molecule has 8 heteroatoms. The van der Waals surface area contributed by atoms with Crippen LogP contribution in [0.15, 0.2) is 12.2 Å². The van der Waals surface area contributed by atoms with Crippen molar-refractivity contribution in [1.29, 1.82) is 0 Å². The molecule has 0 saturated carbocycles. The first-order valence-corrected chi connectivity index (χ1v) is 6.78. The van der Waals surface area contributed by atoms with Crippen LogP contribution in [0.25, 0.3) is 0 Å². The number of hydrogen-bond donors (Lipinski definition) is 1. The standard InChI is InChI=1S/C10H20NO6P/c1-9(2)10(12)15-6-7-16-18(13,14)17-8-11(3,4)5/h1,6-8H2,2-5H3/p+1. The molecule has 1 unspecified atom stereocenters. The minimum atomic E-state index is -4.10. The third-order valence-corrected chi connectivity index (χ3v) is 2.48. The van der Waals surface area contributed by atoms with Crippen LogP contribution in [-0.2, 0) is 23.1 Å². The summed E-state index contributed by atoms with van der Waals surface area (Å²) in [5, 5.41) is 0. The van der Waals surface area contributed by atoms with Gasteiger partial charge in [-0.25, -0.2) is 13.9 Å². The van der Waals surface area contributed by atoms with Crippen molar-refractivity contribution in [3.8, 4) is 0 Å². The molecule has 7 nitrogen and oxygen atoms in total. The molecule has 0 rings (SSSR count). The Bertz CT molecular complexity index is 349. The monoisotopic (exact) mass is 282 g/mol. The smallest absolute Gasteiger partial charge is 0.460 e. The van der Waals surface area contributed by atoms with Gasteiger partial charge in [0.25, 0.3) is 0 Å². The van der Waals surface area contributed by atoms with Crippen LogP contribution in [0.3, 0.4) is 0 Å². The van der Waals surface area contributed by atoms with Gasteiger partial charge in [-0.3, -0.25) is 4.52 Å². The van der Waals surface area contributed by atoms with Crippen LogP contribution in [0.5, 0.6) is 0 Å². The Morgan fingerprint density at radius 1 is 1.28 bits per heavy atom. The number of phosphoric acid groups is 1. The normalized spacial score (nSPS) is 14.9. The fourth-order valence-electron chi connectivity index (χ4n) is 0.694. The van der Waals surface area contributed by atoms with Crippen LogP contribution >= 0.6 is 7.82 Å². The zero-order valence-electron chi connectivity index (χ0n) is 11.2. The van der Waals surface area contributed by atoms with Gasteiger partial charge in [0.15, 0.2) is 6.73 Å². The lowest BCUT2D eigenvalue weighted by Crippen LogP contribution is -2.36. The number of nitrogens with zero attached hydrogens (tertiary/aromatic N) is 1. The molecule has 106 valence electrons. The summed E-state index contributed by atoms with van der Waals surface area (Å²) in [5.41, 5.74) is 0.253. The van der Waals surface area contributed by atoms with Crippen LogP contribution < -0.4 is 0 Å². The Morgan fingerprint density at radius 2 is 1.83 bits per heavy atom. The molecule has 0 fully saturated rings. The Morgan fingerprint density at radius 3 is 2.28 bits per heavy atom. The van der Waals surface area contributed by atoms with Crippen LogP contribution in [0.4, 0.5) is 0 Å². The highest BCUT2D eigenvalue weighted by Crippen LogP contribution is 2.43. The lowest BCUT2D eigenvalue weighted by molar-refractivity contribution is -0.887. The van der Waals surface area contributed by atoms with Crippen LogP contribution in [0.2, 0.25) is 0 Å². The lowest BCUT2D eigenvalue weighted by atomic mass is 10.4. The summed E-state index contributed by atoms with van der Waals surface area (Å²) in [6, 6.07) is 0. The zero-order chi connectivity index (χ0) is 14.4. The van der Waals surface area contributed by atoms with E-state index in [4.69, 9.17) is 4.52 Å². The minimum absolute atomic E-state index is 0.0271. The van der Waals surface area contributed by atoms with Gasteiger partial charge in [0.1, 0.15) is 6.61 Å². The van der Waals surface area contributed by atoms with E-state index in [9.17, 15) is 14.3 Å². The van der Waals surface area contributed by atoms with E-state index in [0.29, 0.717) is 4.48 Å². The van der Waals surface area contributed by atoms with Crippen molar-refractivity contribution < 1.29 is 32.5 Å². The molecule has 0 bridgehead atoms. The molecule has 18 heavy (non-hydrogen) atoms. The summed E-state index contributed by atoms with van der Waals surface area (Å²) in [4.78, 5) is 20.3. The average Bonchev–Trinajstić information content (AvgIpc) is 2.20. The number of hydrogen-bond acceptors (Lipinski definition) is 5. The zero-order valence-corrected chi connectivity index (χ0v) is 12.1. The first-order chi connectivity index (χ1) is 8.03. The van der Waals surface area contributed by atoms with E-state index in [1.165, 1.54) is 6.92 Å². The second-order valence-corrected chi connectivity index (χ2v) is 6.22. The fraction of sp³-hybridized carbons (Fsp3) is 0.700. The van der Waals surface area contributed by atoms with E-state index in [1.54, 1.807) is 21.1 Å². The Hall–Kier alpha value is -0.720. The van der Waals surface area contributed by atoms with Gasteiger partial charge in [-0.2, -0.15) is 0 Å². The SMILES string of the molecule is C=C(C)C(=O)OCCOP(=O)(O)OC[N+](C)(C)C. The van der Waals surface area contributed by atoms with Gasteiger partial charge >= 0.3 is 13.8 Å². The molecule has 0 saturated heterocycles. The van der Waals surface area contributed by atoms with Gasteiger partial charge in [-0.15, -0.1) is 0 Å². The molecular formula is C10H21NO6P+. The number of phosphoric ester groups is 1. The van der Waals surface area contributed by atoms with E-state index < -0.39 is 13.8 Å². The first kappa shape index (κ1) is 17.3. The number of ether oxygens (including phenoxy) is 1. The highest BCUT2D eigenvalue weighted by Gasteiger charge is 2.24. The summed E-state index contributed by atoms with van der Waals surface area (Å²) >= 11 is 0. The third kappa shape index (κ3) is 9.32. The molecule has 0 aromatic carbocycles. The van der Waals surface area contributed by atoms with E-state index >= 15 is 0 Å². The largest absolute Gasteiger partial charge is 0.476 e. The number of carbonyl (C=O) groups is 1. The Labute approximate surface area is 107 Å². The molecule has 1 N–H and O–H groups in total. The summed E-state index contributed by atoms with van der Waals surface area (Å²) in [5.74, 6) is -0.571. The topological polar surface area (TPSA) is 82.1 Å². The van der Waals surface area contributed by atoms with E-state index in [0.717, 1.165) is 0 Å². The Balaban J connectivity index is 3.88. The van der Waals surface area contributed by atoms with Gasteiger partial charge in [0.05, 0.1) is 27.7 Å². The number of quaternary nitrogens is 1. The molecule has 0 aliphatic heterocycles. The average molecular weight is 282 g/mol. The summed E-state index contributed by atoms with van der Waals surface area (Å²) in [6.45, 7) is 4.57. The van der Waals surface area contributed by atoms with Crippen molar-refractivity contribution >= 4 is 13.8 Å². The maximum atomic E-state index is 11.4. The van der Waals surface area contributed by atoms with Crippen LogP contribution in [0, 0.1) is 0 Å². The number of esters is 1. The lowest BCUT2D eigenvalue weighted by Gasteiger charge is -2.24. The Kier molecular flexibility index (Phi) is 6.73. The number of rotatable bonds is 8. The first-order valence-electron chi connectivity index (χ1n) is 5.28. The summed E-state index contributed by atoms with van der Waals surface area (Å²) < 4.78 is 25.8. The molecule has 0 spiro atoms. The minimum Gasteiger partial charge on any atom is -0.460 e. The van der Waals surface area contributed by atoms with E-state index in [-0.39, 0.29) is 25.5 Å². The van der Waals surface area contributed by atoms with Gasteiger partial charge in [0, 0.05) is 5.57 Å². The molecule has 1 atom stereocenters. The molecule has 0 amide bonds. The predicted molar refractivity (Wildman–Crippen MR) is 65.5 cm³/mol. The van der Waals surface area contributed by atoms with Gasteiger partial charge in [0.2, 0.25) is 0 Å². The van der Waals surface area contributed by atoms with Gasteiger partial charge in [-0.05, 0) is 6.92 Å². The van der Waals surface area contributed by atoms with Crippen LogP contribution in [0.1, 0.15) is 6.92 Å². The summed E-state index contributed by atoms with van der Waals surface area (Å²) in [6.07, 6.45) is 0. The van der Waals surface area contributed by atoms with Crippen molar-refractivity contribution in [3.05, 3.63) is 12.2 Å². The van der Waals surface area contributed by atoms with Crippen molar-refractivity contribution in [1.82, 2.24) is 0 Å². The molecule has 0 aliphatic rings. The van der Waals surface area contributed by atoms with Crippen molar-refractivity contribution in [3.63, 3.8) is 0 Å². The van der Waals surface area contributed by atoms with Crippen molar-refractivity contribution in [2.24, 2.45) is 0 Å². The van der Waals surface area contributed by atoms with Crippen molar-refractivity contribution in [2.45, 2.75) is 6.92 Å². The molecule has 0 aromatic heterocycles. The second kappa shape index (κ2) is 7.01. The maximum Gasteiger partial charge on any atom is 0.476 e. The molecule has 0 aromatic rings. The molecule has 0 radical (unpaired) electrons.